The summed E-state index contributed by atoms with van der Waals surface area (Å²) in [5, 5.41) is 5.95. The Morgan fingerprint density at radius 1 is 0.633 bits per heavy atom. The van der Waals surface area contributed by atoms with Gasteiger partial charge in [-0.2, -0.15) is 0 Å². The third kappa shape index (κ3) is 149. The molecule has 0 amide bonds. The van der Waals surface area contributed by atoms with Gasteiger partial charge in [-0.15, -0.1) is 0 Å². The van der Waals surface area contributed by atoms with Crippen LogP contribution in [0.15, 0.2) is 24.5 Å². The van der Waals surface area contributed by atoms with Crippen LogP contribution in [0.25, 0.3) is 0 Å². The maximum absolute atomic E-state index is 5.13. The van der Waals surface area contributed by atoms with Crippen molar-refractivity contribution in [2.75, 3.05) is 40.6 Å². The second kappa shape index (κ2) is 120. The Labute approximate surface area is 201 Å². The molecule has 0 aliphatic carbocycles. The van der Waals surface area contributed by atoms with Gasteiger partial charge in [-0.25, -0.2) is 0 Å². The van der Waals surface area contributed by atoms with Crippen LogP contribution in [0.4, 0.5) is 0 Å². The quantitative estimate of drug-likeness (QED) is 0.150. The van der Waals surface area contributed by atoms with Crippen molar-refractivity contribution in [3.05, 3.63) is 24.5 Å². The minimum Gasteiger partial charge on any atom is -0.501 e. The van der Waals surface area contributed by atoms with Gasteiger partial charge in [-0.3, -0.25) is 5.32 Å². The van der Waals surface area contributed by atoms with Gasteiger partial charge in [-0.05, 0) is 47.3 Å². The van der Waals surface area contributed by atoms with Crippen LogP contribution in [-0.2, 0) is 9.47 Å². The number of hydrogen-bond acceptors (Lipinski definition) is 4. The Bertz CT molecular complexity index is 168. The normalized spacial score (nSPS) is 6.40. The van der Waals surface area contributed by atoms with Crippen molar-refractivity contribution in [1.82, 2.24) is 10.6 Å². The first-order valence-electron chi connectivity index (χ1n) is 6.54. The van der Waals surface area contributed by atoms with Crippen molar-refractivity contribution in [2.24, 2.45) is 0 Å². The van der Waals surface area contributed by atoms with Crippen LogP contribution < -0.4 is 10.6 Å². The van der Waals surface area contributed by atoms with Crippen molar-refractivity contribution in [1.29, 1.82) is 0 Å². The third-order valence-electron chi connectivity index (χ3n) is 1.83. The second-order valence-electron chi connectivity index (χ2n) is 3.56. The molecule has 0 radical (unpaired) electrons. The fraction of sp³-hybridized carbons (Fsp3) is 0.846. The monoisotopic (exact) mass is 451 g/mol. The molecule has 204 valence electrons. The topological polar surface area (TPSA) is 42.5 Å². The molecule has 0 saturated heterocycles. The van der Waals surface area contributed by atoms with Crippen LogP contribution in [0.5, 0.6) is 0 Å². The predicted molar refractivity (Wildman–Crippen MR) is 159 cm³/mol. The Morgan fingerprint density at radius 3 is 1.43 bits per heavy atom. The summed E-state index contributed by atoms with van der Waals surface area (Å²) in [6.07, 6.45) is 9.79. The Hall–Kier alpha value is -0.840. The average Bonchev–Trinajstić information content (AvgIpc) is 2.39. The van der Waals surface area contributed by atoms with Crippen LogP contribution in [0, 0.1) is 0 Å². The molecule has 0 aromatic rings. The lowest BCUT2D eigenvalue weighted by atomic mass is 10.4. The lowest BCUT2D eigenvalue weighted by Gasteiger charge is -2.01. The van der Waals surface area contributed by atoms with E-state index in [1.165, 1.54) is 0 Å². The summed E-state index contributed by atoms with van der Waals surface area (Å²) in [6, 6.07) is 0. The van der Waals surface area contributed by atoms with E-state index in [9.17, 15) is 0 Å². The molecule has 0 bridgehead atoms. The van der Waals surface area contributed by atoms with E-state index in [2.05, 4.69) is 16.7 Å². The van der Waals surface area contributed by atoms with Crippen LogP contribution in [0.3, 0.4) is 0 Å². The van der Waals surface area contributed by atoms with Gasteiger partial charge in [0, 0.05) is 6.61 Å². The van der Waals surface area contributed by atoms with E-state index in [-0.39, 0.29) is 89.1 Å². The first-order valence-corrected chi connectivity index (χ1v) is 6.54. The number of hydrogen-bond donors (Lipinski definition) is 2. The number of rotatable bonds is 10. The summed E-state index contributed by atoms with van der Waals surface area (Å²) in [5.41, 5.74) is 0. The number of ether oxygens (including phenoxy) is 2. The number of allylic oxidation sites excluding steroid dienone is 2. The van der Waals surface area contributed by atoms with E-state index < -0.39 is 0 Å². The zero-order valence-corrected chi connectivity index (χ0v) is 12.4. The van der Waals surface area contributed by atoms with Gasteiger partial charge in [0.25, 0.3) is 0 Å². The summed E-state index contributed by atoms with van der Waals surface area (Å²) in [7, 11) is 3.82. The minimum absolute atomic E-state index is 0. The highest BCUT2D eigenvalue weighted by molar-refractivity contribution is 4.76. The highest BCUT2D eigenvalue weighted by Gasteiger charge is 1.83. The summed E-state index contributed by atoms with van der Waals surface area (Å²) >= 11 is 0. The molecule has 4 nitrogen and oxygen atoms in total. The van der Waals surface area contributed by atoms with Crippen molar-refractivity contribution >= 4 is 0 Å². The summed E-state index contributed by atoms with van der Waals surface area (Å²) in [5.74, 6) is 0. The maximum Gasteiger partial charge on any atom is 0.0962 e. The van der Waals surface area contributed by atoms with E-state index in [1.807, 2.05) is 40.1 Å². The molecule has 0 spiro atoms. The second-order valence-corrected chi connectivity index (χ2v) is 3.56. The molecule has 0 rings (SSSR count). The van der Waals surface area contributed by atoms with Crippen LogP contribution in [0.2, 0.25) is 0 Å². The Morgan fingerprint density at radius 2 is 1.10 bits per heavy atom. The van der Waals surface area contributed by atoms with Crippen molar-refractivity contribution < 1.29 is 9.47 Å². The maximum atomic E-state index is 5.13. The van der Waals surface area contributed by atoms with Gasteiger partial charge in [0.05, 0.1) is 19.6 Å². The Balaban J connectivity index is -0.0000000102. The van der Waals surface area contributed by atoms with E-state index in [1.54, 1.807) is 6.26 Å². The lowest BCUT2D eigenvalue weighted by molar-refractivity contribution is 0.120. The Kier molecular flexibility index (Phi) is 402. The lowest BCUT2D eigenvalue weighted by Crippen LogP contribution is -2.15. The van der Waals surface area contributed by atoms with E-state index in [0.29, 0.717) is 6.73 Å². The molecule has 30 heavy (non-hydrogen) atoms. The SMILES string of the molecule is C.C.C.C.C.C.C.C.C.C.C.C.CC=CCCOC=CC.CNCCCOCNC. The van der Waals surface area contributed by atoms with E-state index in [4.69, 9.17) is 9.47 Å². The molecule has 0 fully saturated rings. The third-order valence-corrected chi connectivity index (χ3v) is 1.83. The standard InChI is InChI=1S/C8H14O.C6H16N2O.12CH4/c1-3-5-6-8-9-7-4-2;1-7-4-3-5-9-6-8-2;;;;;;;;;;;;/h3-5,7H,6,8H2,1-2H3;7-8H,3-6H2,1-2H3;12*1H4. The first-order chi connectivity index (χ1) is 8.83. The molecular weight excluding hydrogens is 372 g/mol. The molecule has 0 saturated carbocycles. The molecule has 0 aromatic heterocycles. The molecule has 4 heteroatoms. The smallest absolute Gasteiger partial charge is 0.0962 e. The fourth-order valence-electron chi connectivity index (χ4n) is 0.992. The summed E-state index contributed by atoms with van der Waals surface area (Å²) < 4.78 is 10.2. The van der Waals surface area contributed by atoms with Gasteiger partial charge >= 0.3 is 0 Å². The van der Waals surface area contributed by atoms with Gasteiger partial charge in [0.1, 0.15) is 0 Å². The predicted octanol–water partition coefficient (Wildman–Crippen LogP) is 9.93. The summed E-state index contributed by atoms with van der Waals surface area (Å²) in [4.78, 5) is 0. The van der Waals surface area contributed by atoms with Gasteiger partial charge < -0.3 is 14.8 Å². The van der Waals surface area contributed by atoms with Crippen molar-refractivity contribution in [3.63, 3.8) is 0 Å². The highest BCUT2D eigenvalue weighted by Crippen LogP contribution is 1.85. The largest absolute Gasteiger partial charge is 0.501 e. The van der Waals surface area contributed by atoms with Gasteiger partial charge in [0.15, 0.2) is 0 Å². The molecule has 0 aromatic carbocycles. The van der Waals surface area contributed by atoms with E-state index >= 15 is 0 Å². The summed E-state index contributed by atoms with van der Waals surface area (Å²) in [6.45, 7) is 7.26. The van der Waals surface area contributed by atoms with E-state index in [0.717, 1.165) is 32.6 Å². The van der Waals surface area contributed by atoms with Crippen LogP contribution in [0.1, 0.15) is 116 Å². The van der Waals surface area contributed by atoms with Gasteiger partial charge in [-0.1, -0.05) is 107 Å². The molecule has 0 aliphatic heterocycles. The molecule has 2 N–H and O–H groups in total. The molecule has 0 aliphatic rings. The number of nitrogens with one attached hydrogen (secondary N) is 2. The molecule has 0 heterocycles. The van der Waals surface area contributed by atoms with Crippen molar-refractivity contribution in [3.8, 4) is 0 Å². The molecule has 0 unspecified atom stereocenters. The van der Waals surface area contributed by atoms with Gasteiger partial charge in [0.2, 0.25) is 0 Å². The zero-order chi connectivity index (χ0) is 13.9. The minimum atomic E-state index is 0. The van der Waals surface area contributed by atoms with Crippen molar-refractivity contribution in [2.45, 2.75) is 116 Å². The highest BCUT2D eigenvalue weighted by atomic mass is 16.5. The fourth-order valence-corrected chi connectivity index (χ4v) is 0.992. The molecule has 0 atom stereocenters. The van der Waals surface area contributed by atoms with Crippen LogP contribution >= 0.6 is 0 Å². The average molecular weight is 451 g/mol. The first kappa shape index (κ1) is 101. The van der Waals surface area contributed by atoms with Crippen LogP contribution in [-0.4, -0.2) is 40.6 Å². The molecular formula is C26H78N2O2. The zero-order valence-electron chi connectivity index (χ0n) is 12.4.